The molecule has 0 aliphatic heterocycles. The molecule has 26 heavy (non-hydrogen) atoms. The number of hydrogen-bond donors (Lipinski definition) is 2. The summed E-state index contributed by atoms with van der Waals surface area (Å²) in [5.74, 6) is 1.65. The summed E-state index contributed by atoms with van der Waals surface area (Å²) in [5.41, 5.74) is 1.08. The quantitative estimate of drug-likeness (QED) is 0.605. The molecular weight excluding hydrogens is 368 g/mol. The Bertz CT molecular complexity index is 857. The summed E-state index contributed by atoms with van der Waals surface area (Å²) >= 11 is 11.2. The van der Waals surface area contributed by atoms with E-state index in [4.69, 9.17) is 28.6 Å². The Morgan fingerprint density at radius 2 is 1.73 bits per heavy atom. The van der Waals surface area contributed by atoms with Gasteiger partial charge in [0, 0.05) is 11.1 Å². The van der Waals surface area contributed by atoms with Gasteiger partial charge in [-0.05, 0) is 55.0 Å². The third kappa shape index (κ3) is 5.15. The SMILES string of the molecule is C[C@H](NC(=S)Nc1ccc(Oc2ccccc2)nn1)c1ccc(Cl)cc1. The highest BCUT2D eigenvalue weighted by Gasteiger charge is 2.08. The zero-order valence-corrected chi connectivity index (χ0v) is 15.6. The van der Waals surface area contributed by atoms with Crippen molar-refractivity contribution in [2.45, 2.75) is 13.0 Å². The lowest BCUT2D eigenvalue weighted by molar-refractivity contribution is 0.455. The second-order valence-electron chi connectivity index (χ2n) is 5.54. The predicted molar refractivity (Wildman–Crippen MR) is 108 cm³/mol. The molecule has 1 aromatic heterocycles. The van der Waals surface area contributed by atoms with E-state index in [1.807, 2.05) is 61.5 Å². The third-order valence-electron chi connectivity index (χ3n) is 3.56. The van der Waals surface area contributed by atoms with Gasteiger partial charge in [-0.1, -0.05) is 41.9 Å². The van der Waals surface area contributed by atoms with E-state index in [2.05, 4.69) is 20.8 Å². The molecule has 0 spiro atoms. The van der Waals surface area contributed by atoms with Crippen molar-refractivity contribution in [3.63, 3.8) is 0 Å². The van der Waals surface area contributed by atoms with Crippen molar-refractivity contribution in [3.8, 4) is 11.6 Å². The number of ether oxygens (including phenoxy) is 1. The summed E-state index contributed by atoms with van der Waals surface area (Å²) in [7, 11) is 0. The number of anilines is 1. The lowest BCUT2D eigenvalue weighted by Gasteiger charge is -2.17. The van der Waals surface area contributed by atoms with Gasteiger partial charge in [-0.15, -0.1) is 10.2 Å². The van der Waals surface area contributed by atoms with Crippen LogP contribution >= 0.6 is 23.8 Å². The van der Waals surface area contributed by atoms with Crippen LogP contribution in [0.3, 0.4) is 0 Å². The summed E-state index contributed by atoms with van der Waals surface area (Å²) in [6.45, 7) is 2.01. The summed E-state index contributed by atoms with van der Waals surface area (Å²) < 4.78 is 5.61. The number of nitrogens with one attached hydrogen (secondary N) is 2. The number of aromatic nitrogens is 2. The molecule has 3 rings (SSSR count). The zero-order valence-electron chi connectivity index (χ0n) is 14.0. The molecule has 0 saturated heterocycles. The molecule has 0 saturated carbocycles. The minimum atomic E-state index is 0.0286. The van der Waals surface area contributed by atoms with Crippen molar-refractivity contribution < 1.29 is 4.74 Å². The first-order chi connectivity index (χ1) is 12.6. The molecule has 2 aromatic carbocycles. The monoisotopic (exact) mass is 384 g/mol. The van der Waals surface area contributed by atoms with E-state index >= 15 is 0 Å². The molecule has 0 aliphatic carbocycles. The topological polar surface area (TPSA) is 59.1 Å². The van der Waals surface area contributed by atoms with Gasteiger partial charge < -0.3 is 15.4 Å². The Balaban J connectivity index is 1.55. The maximum Gasteiger partial charge on any atom is 0.238 e. The predicted octanol–water partition coefficient (Wildman–Crippen LogP) is 4.97. The van der Waals surface area contributed by atoms with E-state index < -0.39 is 0 Å². The first-order valence-electron chi connectivity index (χ1n) is 8.00. The van der Waals surface area contributed by atoms with Crippen LogP contribution < -0.4 is 15.4 Å². The summed E-state index contributed by atoms with van der Waals surface area (Å²) in [4.78, 5) is 0. The van der Waals surface area contributed by atoms with Gasteiger partial charge in [-0.25, -0.2) is 0 Å². The van der Waals surface area contributed by atoms with Crippen LogP contribution in [0.2, 0.25) is 5.02 Å². The Hall–Kier alpha value is -2.70. The van der Waals surface area contributed by atoms with Gasteiger partial charge >= 0.3 is 0 Å². The number of rotatable bonds is 5. The highest BCUT2D eigenvalue weighted by molar-refractivity contribution is 7.80. The molecule has 0 aliphatic rings. The van der Waals surface area contributed by atoms with Gasteiger partial charge in [0.05, 0.1) is 6.04 Å². The number of halogens is 1. The smallest absolute Gasteiger partial charge is 0.238 e. The van der Waals surface area contributed by atoms with Crippen LogP contribution in [-0.4, -0.2) is 15.3 Å². The minimum absolute atomic E-state index is 0.0286. The van der Waals surface area contributed by atoms with E-state index in [1.165, 1.54) is 0 Å². The second-order valence-corrected chi connectivity index (χ2v) is 6.39. The summed E-state index contributed by atoms with van der Waals surface area (Å²) in [5, 5.41) is 15.5. The normalized spacial score (nSPS) is 11.5. The molecule has 1 heterocycles. The van der Waals surface area contributed by atoms with Crippen LogP contribution in [0.4, 0.5) is 5.82 Å². The molecule has 0 fully saturated rings. The van der Waals surface area contributed by atoms with Crippen LogP contribution in [0.15, 0.2) is 66.7 Å². The molecular formula is C19H17ClN4OS. The van der Waals surface area contributed by atoms with Crippen LogP contribution in [0.1, 0.15) is 18.5 Å². The van der Waals surface area contributed by atoms with Crippen molar-refractivity contribution in [2.24, 2.45) is 0 Å². The molecule has 1 atom stereocenters. The van der Waals surface area contributed by atoms with E-state index in [9.17, 15) is 0 Å². The summed E-state index contributed by atoms with van der Waals surface area (Å²) in [6.07, 6.45) is 0. The van der Waals surface area contributed by atoms with E-state index in [0.717, 1.165) is 5.56 Å². The van der Waals surface area contributed by atoms with Crippen molar-refractivity contribution in [1.29, 1.82) is 0 Å². The molecule has 0 bridgehead atoms. The molecule has 132 valence electrons. The molecule has 0 radical (unpaired) electrons. The Kier molecular flexibility index (Phi) is 5.99. The van der Waals surface area contributed by atoms with E-state index in [1.54, 1.807) is 12.1 Å². The first kappa shape index (κ1) is 18.1. The fourth-order valence-corrected chi connectivity index (χ4v) is 2.64. The number of nitrogens with zero attached hydrogens (tertiary/aromatic N) is 2. The lowest BCUT2D eigenvalue weighted by Crippen LogP contribution is -2.31. The number of para-hydroxylation sites is 1. The molecule has 7 heteroatoms. The Labute approximate surface area is 162 Å². The maximum atomic E-state index is 5.91. The zero-order chi connectivity index (χ0) is 18.4. The average molecular weight is 385 g/mol. The van der Waals surface area contributed by atoms with Crippen LogP contribution in [0, 0.1) is 0 Å². The van der Waals surface area contributed by atoms with Crippen LogP contribution in [0.5, 0.6) is 11.6 Å². The Morgan fingerprint density at radius 1 is 1.00 bits per heavy atom. The lowest BCUT2D eigenvalue weighted by atomic mass is 10.1. The Morgan fingerprint density at radius 3 is 2.38 bits per heavy atom. The highest BCUT2D eigenvalue weighted by Crippen LogP contribution is 2.19. The second kappa shape index (κ2) is 8.60. The maximum absolute atomic E-state index is 5.91. The molecule has 0 amide bonds. The van der Waals surface area contributed by atoms with E-state index in [-0.39, 0.29) is 6.04 Å². The van der Waals surface area contributed by atoms with Crippen molar-refractivity contribution >= 4 is 34.7 Å². The third-order valence-corrected chi connectivity index (χ3v) is 4.04. The number of thiocarbonyl (C=S) groups is 1. The van der Waals surface area contributed by atoms with Gasteiger partial charge in [0.25, 0.3) is 0 Å². The minimum Gasteiger partial charge on any atom is -0.438 e. The van der Waals surface area contributed by atoms with Gasteiger partial charge in [-0.3, -0.25) is 0 Å². The van der Waals surface area contributed by atoms with Gasteiger partial charge in [0.15, 0.2) is 10.9 Å². The molecule has 0 unspecified atom stereocenters. The fraction of sp³-hybridized carbons (Fsp3) is 0.105. The molecule has 3 aromatic rings. The number of benzene rings is 2. The van der Waals surface area contributed by atoms with Crippen molar-refractivity contribution in [2.75, 3.05) is 5.32 Å². The van der Waals surface area contributed by atoms with Gasteiger partial charge in [0.1, 0.15) is 5.75 Å². The van der Waals surface area contributed by atoms with E-state index in [0.29, 0.717) is 27.6 Å². The molecule has 5 nitrogen and oxygen atoms in total. The standard InChI is InChI=1S/C19H17ClN4OS/c1-13(14-7-9-15(20)10-8-14)21-19(26)22-17-11-12-18(24-23-17)25-16-5-3-2-4-6-16/h2-13H,1H3,(H2,21,22,23,26)/t13-/m0/s1. The number of hydrogen-bond acceptors (Lipinski definition) is 4. The van der Waals surface area contributed by atoms with Crippen LogP contribution in [0.25, 0.3) is 0 Å². The fourth-order valence-electron chi connectivity index (χ4n) is 2.23. The largest absolute Gasteiger partial charge is 0.438 e. The highest BCUT2D eigenvalue weighted by atomic mass is 35.5. The van der Waals surface area contributed by atoms with Crippen molar-refractivity contribution in [1.82, 2.24) is 15.5 Å². The summed E-state index contributed by atoms with van der Waals surface area (Å²) in [6, 6.07) is 20.5. The van der Waals surface area contributed by atoms with Gasteiger partial charge in [0.2, 0.25) is 5.88 Å². The van der Waals surface area contributed by atoms with Crippen molar-refractivity contribution in [3.05, 3.63) is 77.3 Å². The van der Waals surface area contributed by atoms with Crippen LogP contribution in [-0.2, 0) is 0 Å². The van der Waals surface area contributed by atoms with Gasteiger partial charge in [-0.2, -0.15) is 0 Å². The first-order valence-corrected chi connectivity index (χ1v) is 8.78. The molecule has 2 N–H and O–H groups in total. The average Bonchev–Trinajstić information content (AvgIpc) is 2.64.